The predicted octanol–water partition coefficient (Wildman–Crippen LogP) is 7.54. The van der Waals surface area contributed by atoms with Crippen LogP contribution < -0.4 is 9.64 Å². The summed E-state index contributed by atoms with van der Waals surface area (Å²) in [6.45, 7) is 2.93. The lowest BCUT2D eigenvalue weighted by Crippen LogP contribution is -2.43. The number of pyridine rings is 1. The van der Waals surface area contributed by atoms with Gasteiger partial charge in [0.15, 0.2) is 5.82 Å². The topological polar surface area (TPSA) is 74.6 Å². The number of aromatic nitrogens is 3. The first-order valence-corrected chi connectivity index (χ1v) is 18.4. The second-order valence-corrected chi connectivity index (χ2v) is 15.4. The zero-order valence-electron chi connectivity index (χ0n) is 28.5. The number of halogens is 3. The number of anilines is 1. The van der Waals surface area contributed by atoms with E-state index in [2.05, 4.69) is 27.6 Å². The van der Waals surface area contributed by atoms with E-state index in [1.165, 1.54) is 24.3 Å². The third-order valence-electron chi connectivity index (χ3n) is 12.1. The summed E-state index contributed by atoms with van der Waals surface area (Å²) in [5, 5.41) is 11.9. The Hall–Kier alpha value is -4.54. The Kier molecular flexibility index (Phi) is 8.00. The highest BCUT2D eigenvalue weighted by molar-refractivity contribution is 6.04. The van der Waals surface area contributed by atoms with Gasteiger partial charge in [-0.15, -0.1) is 6.42 Å². The molecule has 3 aliphatic heterocycles. The van der Waals surface area contributed by atoms with E-state index in [1.807, 2.05) is 0 Å². The van der Waals surface area contributed by atoms with Crippen LogP contribution in [0.1, 0.15) is 75.5 Å². The molecule has 51 heavy (non-hydrogen) atoms. The zero-order valence-corrected chi connectivity index (χ0v) is 28.5. The van der Waals surface area contributed by atoms with Crippen LogP contribution in [0, 0.1) is 53.6 Å². The van der Waals surface area contributed by atoms with Crippen molar-refractivity contribution in [1.82, 2.24) is 19.9 Å². The van der Waals surface area contributed by atoms with E-state index in [-0.39, 0.29) is 52.0 Å². The molecule has 5 heterocycles. The molecule has 0 spiro atoms. The highest BCUT2D eigenvalue weighted by Crippen LogP contribution is 2.44. The number of phenolic OH excluding ortho intramolecular Hbond substituents is 1. The average Bonchev–Trinajstić information content (AvgIpc) is 3.91. The Morgan fingerprint density at radius 1 is 0.980 bits per heavy atom. The summed E-state index contributed by atoms with van der Waals surface area (Å²) in [5.41, 5.74) is -0.203. The number of fused-ring (bicyclic) bond motifs is 5. The highest BCUT2D eigenvalue weighted by atomic mass is 19.1. The van der Waals surface area contributed by atoms with Gasteiger partial charge >= 0.3 is 6.01 Å². The summed E-state index contributed by atoms with van der Waals surface area (Å²) in [7, 11) is 0. The molecule has 2 unspecified atom stereocenters. The molecular formula is C41H40F3N5O2. The minimum Gasteiger partial charge on any atom is -0.508 e. The Morgan fingerprint density at radius 2 is 1.78 bits per heavy atom. The lowest BCUT2D eigenvalue weighted by molar-refractivity contribution is 0.107. The van der Waals surface area contributed by atoms with Gasteiger partial charge in [-0.2, -0.15) is 9.97 Å². The number of aromatic hydroxyl groups is 1. The van der Waals surface area contributed by atoms with Crippen molar-refractivity contribution in [3.63, 3.8) is 0 Å². The molecule has 0 radical (unpaired) electrons. The Morgan fingerprint density at radius 3 is 2.57 bits per heavy atom. The number of piperidine rings is 1. The summed E-state index contributed by atoms with van der Waals surface area (Å²) in [6, 6.07) is 5.57. The van der Waals surface area contributed by atoms with Gasteiger partial charge in [0, 0.05) is 42.9 Å². The van der Waals surface area contributed by atoms with Crippen LogP contribution in [0.4, 0.5) is 19.0 Å². The third-order valence-corrected chi connectivity index (χ3v) is 12.1. The van der Waals surface area contributed by atoms with Crippen LogP contribution >= 0.6 is 0 Å². The Labute approximate surface area is 295 Å². The van der Waals surface area contributed by atoms with Gasteiger partial charge in [-0.1, -0.05) is 30.7 Å². The quantitative estimate of drug-likeness (QED) is 0.217. The number of nitrogens with zero attached hydrogens (tertiary/aromatic N) is 5. The van der Waals surface area contributed by atoms with Gasteiger partial charge < -0.3 is 14.7 Å². The van der Waals surface area contributed by atoms with Gasteiger partial charge in [-0.25, -0.2) is 18.2 Å². The molecule has 1 N–H and O–H groups in total. The number of terminal acetylenes is 1. The van der Waals surface area contributed by atoms with Crippen LogP contribution in [0.5, 0.6) is 11.8 Å². The fraction of sp³-hybridized carbons (Fsp3) is 0.488. The van der Waals surface area contributed by atoms with E-state index in [9.17, 15) is 9.50 Å². The standard InChI is InChI=1S/C41H40F3N5O2/c1-2-30-32(43)12-11-27-17-29(50)18-31(34(27)30)37-36(44)38-35(33(45-37)13-10-24-6-3-4-7-24)39(48-20-25-8-9-26(16-25)21-48)47-40(46-38)51-23-41-14-5-15-49(41)22-28(42)19-41/h1,11-12,17-18,24-26,28,50H,3-9,14-16,19-23H2/t25?,26?,28-,41+/m1/s1. The van der Waals surface area contributed by atoms with E-state index < -0.39 is 23.3 Å². The second kappa shape index (κ2) is 12.6. The number of hydrogen-bond acceptors (Lipinski definition) is 7. The highest BCUT2D eigenvalue weighted by Gasteiger charge is 2.49. The van der Waals surface area contributed by atoms with Crippen LogP contribution in [0.2, 0.25) is 0 Å². The van der Waals surface area contributed by atoms with Crippen LogP contribution in [0.3, 0.4) is 0 Å². The molecule has 262 valence electrons. The fourth-order valence-electron chi connectivity index (χ4n) is 9.72. The number of phenols is 1. The van der Waals surface area contributed by atoms with Gasteiger partial charge in [-0.3, -0.25) is 4.90 Å². The maximum Gasteiger partial charge on any atom is 0.319 e. The Bertz CT molecular complexity index is 2160. The maximum atomic E-state index is 17.4. The number of rotatable bonds is 5. The molecule has 5 fully saturated rings. The summed E-state index contributed by atoms with van der Waals surface area (Å²) in [5.74, 6) is 9.33. The monoisotopic (exact) mass is 691 g/mol. The van der Waals surface area contributed by atoms with Crippen molar-refractivity contribution in [2.24, 2.45) is 17.8 Å². The molecule has 9 rings (SSSR count). The van der Waals surface area contributed by atoms with Gasteiger partial charge in [0.2, 0.25) is 0 Å². The molecule has 2 aliphatic carbocycles. The maximum absolute atomic E-state index is 17.4. The first-order valence-electron chi connectivity index (χ1n) is 18.4. The van der Waals surface area contributed by atoms with Crippen molar-refractivity contribution in [2.75, 3.05) is 37.7 Å². The van der Waals surface area contributed by atoms with E-state index in [1.54, 1.807) is 0 Å². The SMILES string of the molecule is C#Cc1c(F)ccc2cc(O)cc(-c3nc(C#CC4CCCC4)c4c(N5CC6CCC(C6)C5)nc(OC[C@@]56CCCN5C[C@H](F)C6)nc4c3F)c12. The summed E-state index contributed by atoms with van der Waals surface area (Å²) >= 11 is 0. The van der Waals surface area contributed by atoms with E-state index in [0.717, 1.165) is 77.4 Å². The van der Waals surface area contributed by atoms with Crippen LogP contribution in [0.15, 0.2) is 24.3 Å². The van der Waals surface area contributed by atoms with Gasteiger partial charge in [-0.05, 0) is 92.8 Å². The van der Waals surface area contributed by atoms with E-state index >= 15 is 8.78 Å². The second-order valence-electron chi connectivity index (χ2n) is 15.4. The molecule has 0 amide bonds. The van der Waals surface area contributed by atoms with Crippen molar-refractivity contribution in [1.29, 1.82) is 0 Å². The fourth-order valence-corrected chi connectivity index (χ4v) is 9.72. The minimum absolute atomic E-state index is 0.0145. The average molecular weight is 692 g/mol. The molecule has 5 aliphatic rings. The molecule has 4 atom stereocenters. The van der Waals surface area contributed by atoms with Crippen molar-refractivity contribution in [3.05, 3.63) is 47.2 Å². The zero-order chi connectivity index (χ0) is 34.9. The number of alkyl halides is 1. The number of hydrogen-bond donors (Lipinski definition) is 1. The molecule has 2 saturated carbocycles. The van der Waals surface area contributed by atoms with Crippen LogP contribution in [0.25, 0.3) is 32.9 Å². The lowest BCUT2D eigenvalue weighted by atomic mass is 9.95. The van der Waals surface area contributed by atoms with Gasteiger partial charge in [0.05, 0.1) is 16.5 Å². The third kappa shape index (κ3) is 5.63. The van der Waals surface area contributed by atoms with E-state index in [0.29, 0.717) is 47.1 Å². The molecule has 10 heteroatoms. The molecule has 2 aromatic carbocycles. The molecule has 4 aromatic rings. The van der Waals surface area contributed by atoms with Crippen LogP contribution in [-0.2, 0) is 0 Å². The minimum atomic E-state index is -0.923. The van der Waals surface area contributed by atoms with Crippen molar-refractivity contribution in [3.8, 4) is 47.2 Å². The molecule has 2 aromatic heterocycles. The van der Waals surface area contributed by atoms with Crippen molar-refractivity contribution < 1.29 is 23.0 Å². The molecular weight excluding hydrogens is 651 g/mol. The Balaban J connectivity index is 1.27. The molecule has 2 bridgehead atoms. The summed E-state index contributed by atoms with van der Waals surface area (Å²) < 4.78 is 53.6. The molecule has 7 nitrogen and oxygen atoms in total. The van der Waals surface area contributed by atoms with Crippen LogP contribution in [-0.4, -0.2) is 69.5 Å². The van der Waals surface area contributed by atoms with Gasteiger partial charge in [0.25, 0.3) is 0 Å². The van der Waals surface area contributed by atoms with Crippen molar-refractivity contribution >= 4 is 27.5 Å². The van der Waals surface area contributed by atoms with Gasteiger partial charge in [0.1, 0.15) is 47.1 Å². The smallest absolute Gasteiger partial charge is 0.319 e. The lowest BCUT2D eigenvalue weighted by Gasteiger charge is -2.34. The van der Waals surface area contributed by atoms with E-state index in [4.69, 9.17) is 26.1 Å². The summed E-state index contributed by atoms with van der Waals surface area (Å²) in [6.07, 6.45) is 14.6. The first-order chi connectivity index (χ1) is 24.8. The first kappa shape index (κ1) is 32.4. The largest absolute Gasteiger partial charge is 0.508 e. The number of ether oxygens (including phenoxy) is 1. The number of benzene rings is 2. The molecule has 3 saturated heterocycles. The normalized spacial score (nSPS) is 26.1. The summed E-state index contributed by atoms with van der Waals surface area (Å²) in [4.78, 5) is 19.0. The van der Waals surface area contributed by atoms with Crippen molar-refractivity contribution in [2.45, 2.75) is 75.9 Å². The predicted molar refractivity (Wildman–Crippen MR) is 190 cm³/mol.